The van der Waals surface area contributed by atoms with Crippen molar-refractivity contribution in [1.82, 2.24) is 19.8 Å². The van der Waals surface area contributed by atoms with Gasteiger partial charge in [0.05, 0.1) is 23.7 Å². The van der Waals surface area contributed by atoms with Crippen molar-refractivity contribution >= 4 is 0 Å². The number of hydrogen-bond donors (Lipinski definition) is 1. The second-order valence-corrected chi connectivity index (χ2v) is 7.39. The Bertz CT molecular complexity index is 513. The third kappa shape index (κ3) is 3.82. The lowest BCUT2D eigenvalue weighted by Crippen LogP contribution is -2.49. The summed E-state index contributed by atoms with van der Waals surface area (Å²) in [6.07, 6.45) is 8.41. The number of nitrogens with one attached hydrogen (secondary N) is 1. The Kier molecular flexibility index (Phi) is 5.92. The van der Waals surface area contributed by atoms with Crippen molar-refractivity contribution in [3.63, 3.8) is 0 Å². The second kappa shape index (κ2) is 7.95. The minimum absolute atomic E-state index is 0.0547. The number of aryl methyl sites for hydroxylation is 1. The Morgan fingerprint density at radius 3 is 2.83 bits per heavy atom. The van der Waals surface area contributed by atoms with Crippen LogP contribution in [0.25, 0.3) is 0 Å². The van der Waals surface area contributed by atoms with E-state index in [0.29, 0.717) is 12.0 Å². The van der Waals surface area contributed by atoms with E-state index >= 15 is 0 Å². The summed E-state index contributed by atoms with van der Waals surface area (Å²) in [6.45, 7) is 4.70. The number of aromatic nitrogens is 2. The molecule has 6 heteroatoms. The maximum Gasteiger partial charge on any atom is 0.0946 e. The van der Waals surface area contributed by atoms with Crippen LogP contribution in [-0.2, 0) is 16.5 Å². The minimum atomic E-state index is -0.0547. The van der Waals surface area contributed by atoms with Crippen LogP contribution in [0.4, 0.5) is 0 Å². The molecule has 6 nitrogen and oxygen atoms in total. The largest absolute Gasteiger partial charge is 0.381 e. The molecular weight excluding hydrogens is 304 g/mol. The van der Waals surface area contributed by atoms with E-state index in [9.17, 15) is 0 Å². The smallest absolute Gasteiger partial charge is 0.0946 e. The fourth-order valence-corrected chi connectivity index (χ4v) is 4.27. The topological polar surface area (TPSA) is 51.5 Å². The fraction of sp³-hybridized carbons (Fsp3) is 0.833. The number of rotatable bonds is 6. The molecule has 0 spiro atoms. The number of nitrogens with zero attached hydrogens (tertiary/aromatic N) is 3. The summed E-state index contributed by atoms with van der Waals surface area (Å²) in [6, 6.07) is 0.437. The van der Waals surface area contributed by atoms with Crippen LogP contribution in [0, 0.1) is 5.92 Å². The van der Waals surface area contributed by atoms with Crippen LogP contribution < -0.4 is 5.32 Å². The monoisotopic (exact) mass is 336 g/mol. The molecule has 1 aromatic rings. The first-order valence-corrected chi connectivity index (χ1v) is 9.15. The highest BCUT2D eigenvalue weighted by Crippen LogP contribution is 2.34. The van der Waals surface area contributed by atoms with Gasteiger partial charge in [0.25, 0.3) is 0 Å². The summed E-state index contributed by atoms with van der Waals surface area (Å²) in [5.41, 5.74) is 1.26. The first-order valence-electron chi connectivity index (χ1n) is 9.15. The molecule has 2 fully saturated rings. The van der Waals surface area contributed by atoms with Crippen molar-refractivity contribution < 1.29 is 9.47 Å². The van der Waals surface area contributed by atoms with E-state index in [4.69, 9.17) is 9.47 Å². The van der Waals surface area contributed by atoms with Crippen LogP contribution in [0.1, 0.15) is 37.4 Å². The van der Waals surface area contributed by atoms with Crippen molar-refractivity contribution in [1.29, 1.82) is 0 Å². The van der Waals surface area contributed by atoms with Gasteiger partial charge in [0.15, 0.2) is 0 Å². The van der Waals surface area contributed by atoms with E-state index in [2.05, 4.69) is 33.9 Å². The molecule has 2 aliphatic rings. The van der Waals surface area contributed by atoms with E-state index in [-0.39, 0.29) is 5.60 Å². The van der Waals surface area contributed by atoms with Crippen LogP contribution in [0.2, 0.25) is 0 Å². The number of methoxy groups -OCH3 is 1. The van der Waals surface area contributed by atoms with Crippen LogP contribution in [-0.4, -0.2) is 67.1 Å². The molecule has 0 radical (unpaired) electrons. The van der Waals surface area contributed by atoms with E-state index in [1.807, 2.05) is 19.6 Å². The van der Waals surface area contributed by atoms with Gasteiger partial charge in [-0.25, -0.2) is 4.98 Å². The average Bonchev–Trinajstić information content (AvgIpc) is 3.01. The summed E-state index contributed by atoms with van der Waals surface area (Å²) in [7, 11) is 6.16. The molecule has 24 heavy (non-hydrogen) atoms. The van der Waals surface area contributed by atoms with E-state index in [0.717, 1.165) is 45.7 Å². The molecule has 0 aliphatic carbocycles. The summed E-state index contributed by atoms with van der Waals surface area (Å²) in [5, 5.41) is 3.71. The van der Waals surface area contributed by atoms with Crippen LogP contribution in [0.3, 0.4) is 0 Å². The standard InChI is InChI=1S/C18H32N4O2/c1-21-8-4-5-15(17(21)16-12-20-14-22(16)2)11-19-13-18(23-3)6-9-24-10-7-18/h12,14-15,17,19H,4-11,13H2,1-3H3/t15-,17+/m0/s1. The molecule has 2 aliphatic heterocycles. The van der Waals surface area contributed by atoms with Crippen molar-refractivity contribution in [2.45, 2.75) is 37.3 Å². The highest BCUT2D eigenvalue weighted by atomic mass is 16.5. The maximum atomic E-state index is 5.84. The lowest BCUT2D eigenvalue weighted by molar-refractivity contribution is -0.0882. The lowest BCUT2D eigenvalue weighted by Gasteiger charge is -2.41. The molecule has 0 aromatic carbocycles. The third-order valence-electron chi connectivity index (χ3n) is 5.85. The Hall–Kier alpha value is -0.950. The first-order chi connectivity index (χ1) is 11.7. The lowest BCUT2D eigenvalue weighted by atomic mass is 9.87. The molecule has 0 unspecified atom stereocenters. The Morgan fingerprint density at radius 1 is 1.38 bits per heavy atom. The second-order valence-electron chi connectivity index (χ2n) is 7.39. The van der Waals surface area contributed by atoms with Crippen molar-refractivity contribution in [3.8, 4) is 0 Å². The number of hydrogen-bond acceptors (Lipinski definition) is 5. The molecular formula is C18H32N4O2. The van der Waals surface area contributed by atoms with Gasteiger partial charge >= 0.3 is 0 Å². The number of likely N-dealkylation sites (tertiary alicyclic amines) is 1. The SMILES string of the molecule is COC1(CNC[C@@H]2CCCN(C)[C@H]2c2cncn2C)CCOCC1. The average molecular weight is 336 g/mol. The van der Waals surface area contributed by atoms with E-state index < -0.39 is 0 Å². The third-order valence-corrected chi connectivity index (χ3v) is 5.85. The normalized spacial score (nSPS) is 28.1. The van der Waals surface area contributed by atoms with Gasteiger partial charge in [0.1, 0.15) is 0 Å². The molecule has 0 bridgehead atoms. The van der Waals surface area contributed by atoms with Gasteiger partial charge in [-0.15, -0.1) is 0 Å². The first kappa shape index (κ1) is 17.9. The van der Waals surface area contributed by atoms with Gasteiger partial charge in [-0.05, 0) is 38.9 Å². The molecule has 1 N–H and O–H groups in total. The zero-order chi connectivity index (χ0) is 17.0. The highest BCUT2D eigenvalue weighted by Gasteiger charge is 2.35. The molecule has 2 saturated heterocycles. The Labute approximate surface area is 145 Å². The summed E-state index contributed by atoms with van der Waals surface area (Å²) >= 11 is 0. The predicted molar refractivity (Wildman–Crippen MR) is 94.0 cm³/mol. The van der Waals surface area contributed by atoms with Crippen molar-refractivity contribution in [3.05, 3.63) is 18.2 Å². The Balaban J connectivity index is 1.61. The molecule has 3 rings (SSSR count). The van der Waals surface area contributed by atoms with Gasteiger partial charge in [0.2, 0.25) is 0 Å². The van der Waals surface area contributed by atoms with Crippen LogP contribution in [0.15, 0.2) is 12.5 Å². The van der Waals surface area contributed by atoms with Crippen molar-refractivity contribution in [2.75, 3.05) is 47.0 Å². The summed E-state index contributed by atoms with van der Waals surface area (Å²) in [4.78, 5) is 6.81. The highest BCUT2D eigenvalue weighted by molar-refractivity contribution is 5.08. The fourth-order valence-electron chi connectivity index (χ4n) is 4.27. The number of piperidine rings is 1. The minimum Gasteiger partial charge on any atom is -0.381 e. The quantitative estimate of drug-likeness (QED) is 0.855. The van der Waals surface area contributed by atoms with Crippen molar-refractivity contribution in [2.24, 2.45) is 13.0 Å². The van der Waals surface area contributed by atoms with Gasteiger partial charge in [-0.3, -0.25) is 4.90 Å². The van der Waals surface area contributed by atoms with Crippen LogP contribution >= 0.6 is 0 Å². The van der Waals surface area contributed by atoms with Gasteiger partial charge in [0, 0.05) is 53.0 Å². The Morgan fingerprint density at radius 2 is 2.17 bits per heavy atom. The van der Waals surface area contributed by atoms with E-state index in [1.165, 1.54) is 18.5 Å². The molecule has 3 heterocycles. The summed E-state index contributed by atoms with van der Waals surface area (Å²) in [5.74, 6) is 0.605. The molecule has 136 valence electrons. The number of ether oxygens (including phenoxy) is 2. The molecule has 2 atom stereocenters. The zero-order valence-corrected chi connectivity index (χ0v) is 15.3. The maximum absolute atomic E-state index is 5.84. The van der Waals surface area contributed by atoms with Gasteiger partial charge in [-0.1, -0.05) is 0 Å². The number of imidazole rings is 1. The summed E-state index contributed by atoms with van der Waals surface area (Å²) < 4.78 is 13.5. The molecule has 0 amide bonds. The van der Waals surface area contributed by atoms with Crippen LogP contribution in [0.5, 0.6) is 0 Å². The zero-order valence-electron chi connectivity index (χ0n) is 15.3. The molecule has 1 aromatic heterocycles. The van der Waals surface area contributed by atoms with E-state index in [1.54, 1.807) is 0 Å². The predicted octanol–water partition coefficient (Wildman–Crippen LogP) is 1.59. The van der Waals surface area contributed by atoms with Gasteiger partial charge in [-0.2, -0.15) is 0 Å². The van der Waals surface area contributed by atoms with Gasteiger partial charge < -0.3 is 19.4 Å². The molecule has 0 saturated carbocycles.